The number of benzene rings is 1. The first-order valence-electron chi connectivity index (χ1n) is 5.78. The molecule has 0 atom stereocenters. The quantitative estimate of drug-likeness (QED) is 0.714. The van der Waals surface area contributed by atoms with E-state index in [-0.39, 0.29) is 12.3 Å². The molecule has 0 saturated carbocycles. The number of carbonyl (C=O) groups excluding carboxylic acids is 2. The smallest absolute Gasteiger partial charge is 0.318 e. The van der Waals surface area contributed by atoms with Gasteiger partial charge in [-0.3, -0.25) is 14.4 Å². The lowest BCUT2D eigenvalue weighted by Crippen LogP contribution is -2.37. The van der Waals surface area contributed by atoms with Gasteiger partial charge in [0.25, 0.3) is 0 Å². The number of carbonyl (C=O) groups is 3. The second-order valence-corrected chi connectivity index (χ2v) is 4.98. The van der Waals surface area contributed by atoms with Crippen LogP contribution in [0.4, 0.5) is 11.4 Å². The van der Waals surface area contributed by atoms with Gasteiger partial charge >= 0.3 is 5.97 Å². The summed E-state index contributed by atoms with van der Waals surface area (Å²) < 4.78 is 0. The van der Waals surface area contributed by atoms with Crippen LogP contribution in [0.3, 0.4) is 0 Å². The predicted molar refractivity (Wildman–Crippen MR) is 68.8 cm³/mol. The third-order valence-corrected chi connectivity index (χ3v) is 3.09. The summed E-state index contributed by atoms with van der Waals surface area (Å²) in [5.41, 5.74) is 0.485. The van der Waals surface area contributed by atoms with Crippen molar-refractivity contribution in [2.75, 3.05) is 10.6 Å². The Morgan fingerprint density at radius 2 is 2.05 bits per heavy atom. The van der Waals surface area contributed by atoms with Crippen molar-refractivity contribution in [3.63, 3.8) is 0 Å². The number of amides is 2. The molecule has 100 valence electrons. The second kappa shape index (κ2) is 4.38. The molecule has 1 heterocycles. The van der Waals surface area contributed by atoms with Crippen LogP contribution in [0.2, 0.25) is 0 Å². The van der Waals surface area contributed by atoms with Crippen LogP contribution in [0.5, 0.6) is 0 Å². The van der Waals surface area contributed by atoms with Crippen LogP contribution in [-0.4, -0.2) is 22.9 Å². The molecule has 0 saturated heterocycles. The summed E-state index contributed by atoms with van der Waals surface area (Å²) in [7, 11) is 0. The lowest BCUT2D eigenvalue weighted by Gasteiger charge is -2.18. The molecule has 6 heteroatoms. The summed E-state index contributed by atoms with van der Waals surface area (Å²) >= 11 is 0. The number of anilines is 2. The van der Waals surface area contributed by atoms with E-state index in [0.717, 1.165) is 11.3 Å². The third-order valence-electron chi connectivity index (χ3n) is 3.09. The Balaban J connectivity index is 2.17. The molecule has 6 nitrogen and oxygen atoms in total. The minimum absolute atomic E-state index is 0.0932. The maximum absolute atomic E-state index is 11.9. The molecule has 0 unspecified atom stereocenters. The highest BCUT2D eigenvalue weighted by Crippen LogP contribution is 2.27. The van der Waals surface area contributed by atoms with Gasteiger partial charge in [-0.15, -0.1) is 0 Å². The molecule has 1 aliphatic rings. The van der Waals surface area contributed by atoms with Crippen LogP contribution >= 0.6 is 0 Å². The van der Waals surface area contributed by atoms with E-state index in [1.54, 1.807) is 18.2 Å². The minimum atomic E-state index is -1.51. The fraction of sp³-hybridized carbons (Fsp3) is 0.308. The normalized spacial score (nSPS) is 13.7. The fourth-order valence-electron chi connectivity index (χ4n) is 1.69. The molecule has 2 rings (SSSR count). The van der Waals surface area contributed by atoms with Gasteiger partial charge in [-0.05, 0) is 37.6 Å². The Morgan fingerprint density at radius 3 is 2.68 bits per heavy atom. The van der Waals surface area contributed by atoms with Gasteiger partial charge in [-0.2, -0.15) is 0 Å². The summed E-state index contributed by atoms with van der Waals surface area (Å²) in [6, 6.07) is 4.98. The molecule has 1 aliphatic heterocycles. The van der Waals surface area contributed by atoms with E-state index in [9.17, 15) is 14.4 Å². The number of aliphatic carboxylic acids is 1. The summed E-state index contributed by atoms with van der Waals surface area (Å²) in [6.07, 6.45) is 0.265. The van der Waals surface area contributed by atoms with Crippen LogP contribution in [0.1, 0.15) is 19.4 Å². The summed E-state index contributed by atoms with van der Waals surface area (Å²) in [5, 5.41) is 14.2. The van der Waals surface area contributed by atoms with Gasteiger partial charge in [0.15, 0.2) is 0 Å². The van der Waals surface area contributed by atoms with Crippen molar-refractivity contribution in [3.8, 4) is 0 Å². The number of rotatable bonds is 3. The van der Waals surface area contributed by atoms with E-state index in [2.05, 4.69) is 10.6 Å². The van der Waals surface area contributed by atoms with Crippen LogP contribution in [-0.2, 0) is 20.8 Å². The zero-order valence-electron chi connectivity index (χ0n) is 10.6. The van der Waals surface area contributed by atoms with Crippen molar-refractivity contribution in [1.29, 1.82) is 0 Å². The van der Waals surface area contributed by atoms with E-state index in [4.69, 9.17) is 5.11 Å². The highest BCUT2D eigenvalue weighted by molar-refractivity contribution is 6.08. The van der Waals surface area contributed by atoms with Crippen molar-refractivity contribution in [3.05, 3.63) is 23.8 Å². The molecule has 1 aromatic carbocycles. The highest BCUT2D eigenvalue weighted by atomic mass is 16.4. The zero-order valence-corrected chi connectivity index (χ0v) is 10.6. The number of carboxylic acid groups (broad SMARTS) is 1. The Labute approximate surface area is 109 Å². The first-order chi connectivity index (χ1) is 8.80. The molecular weight excluding hydrogens is 248 g/mol. The predicted octanol–water partition coefficient (Wildman–Crippen LogP) is 1.23. The average molecular weight is 262 g/mol. The van der Waals surface area contributed by atoms with E-state index in [0.29, 0.717) is 5.69 Å². The Morgan fingerprint density at radius 1 is 1.37 bits per heavy atom. The lowest BCUT2D eigenvalue weighted by atomic mass is 9.92. The minimum Gasteiger partial charge on any atom is -0.480 e. The lowest BCUT2D eigenvalue weighted by molar-refractivity contribution is -0.151. The fourth-order valence-corrected chi connectivity index (χ4v) is 1.69. The number of fused-ring (bicyclic) bond motifs is 1. The van der Waals surface area contributed by atoms with E-state index in [1.165, 1.54) is 13.8 Å². The maximum Gasteiger partial charge on any atom is 0.318 e. The standard InChI is InChI=1S/C13H14N2O4/c1-13(2,12(18)19)11(17)14-8-3-4-9-7(5-8)6-10(16)15-9/h3-5H,6H2,1-2H3,(H,14,17)(H,15,16)(H,18,19). The van der Waals surface area contributed by atoms with Crippen LogP contribution < -0.4 is 10.6 Å². The van der Waals surface area contributed by atoms with Crippen LogP contribution in [0.25, 0.3) is 0 Å². The van der Waals surface area contributed by atoms with Gasteiger partial charge in [0.2, 0.25) is 11.8 Å². The summed E-state index contributed by atoms with van der Waals surface area (Å²) in [4.78, 5) is 34.0. The maximum atomic E-state index is 11.9. The van der Waals surface area contributed by atoms with Crippen molar-refractivity contribution < 1.29 is 19.5 Å². The van der Waals surface area contributed by atoms with Crippen molar-refractivity contribution in [2.24, 2.45) is 5.41 Å². The number of nitrogens with one attached hydrogen (secondary N) is 2. The van der Waals surface area contributed by atoms with Crippen LogP contribution in [0, 0.1) is 5.41 Å². The number of carboxylic acids is 1. The van der Waals surface area contributed by atoms with Crippen molar-refractivity contribution in [1.82, 2.24) is 0 Å². The van der Waals surface area contributed by atoms with Crippen molar-refractivity contribution in [2.45, 2.75) is 20.3 Å². The van der Waals surface area contributed by atoms with Crippen LogP contribution in [0.15, 0.2) is 18.2 Å². The molecular formula is C13H14N2O4. The van der Waals surface area contributed by atoms with Gasteiger partial charge in [0.05, 0.1) is 6.42 Å². The third kappa shape index (κ3) is 2.42. The Hall–Kier alpha value is -2.37. The summed E-state index contributed by atoms with van der Waals surface area (Å²) in [5.74, 6) is -1.88. The first kappa shape index (κ1) is 13.1. The SMILES string of the molecule is CC(C)(C(=O)O)C(=O)Nc1ccc2c(c1)CC(=O)N2. The first-order valence-corrected chi connectivity index (χ1v) is 5.78. The van der Waals surface area contributed by atoms with Gasteiger partial charge in [0.1, 0.15) is 5.41 Å². The summed E-state index contributed by atoms with van der Waals surface area (Å²) in [6.45, 7) is 2.67. The Kier molecular flexibility index (Phi) is 3.01. The molecule has 0 radical (unpaired) electrons. The Bertz CT molecular complexity index is 578. The molecule has 19 heavy (non-hydrogen) atoms. The molecule has 0 bridgehead atoms. The zero-order chi connectivity index (χ0) is 14.2. The molecule has 3 N–H and O–H groups in total. The van der Waals surface area contributed by atoms with Crippen molar-refractivity contribution >= 4 is 29.2 Å². The molecule has 0 fully saturated rings. The van der Waals surface area contributed by atoms with Gasteiger partial charge in [0, 0.05) is 11.4 Å². The van der Waals surface area contributed by atoms with Gasteiger partial charge in [-0.1, -0.05) is 0 Å². The molecule has 1 aromatic rings. The molecule has 0 aromatic heterocycles. The highest BCUT2D eigenvalue weighted by Gasteiger charge is 2.36. The largest absolute Gasteiger partial charge is 0.480 e. The average Bonchev–Trinajstić information content (AvgIpc) is 2.68. The van der Waals surface area contributed by atoms with E-state index >= 15 is 0 Å². The molecule has 0 aliphatic carbocycles. The molecule has 0 spiro atoms. The van der Waals surface area contributed by atoms with Gasteiger partial charge in [-0.25, -0.2) is 0 Å². The van der Waals surface area contributed by atoms with E-state index in [1.807, 2.05) is 0 Å². The topological polar surface area (TPSA) is 95.5 Å². The monoisotopic (exact) mass is 262 g/mol. The molecule has 2 amide bonds. The number of hydrogen-bond acceptors (Lipinski definition) is 3. The van der Waals surface area contributed by atoms with E-state index < -0.39 is 17.3 Å². The van der Waals surface area contributed by atoms with Gasteiger partial charge < -0.3 is 15.7 Å². The second-order valence-electron chi connectivity index (χ2n) is 4.98. The number of hydrogen-bond donors (Lipinski definition) is 3.